The van der Waals surface area contributed by atoms with Crippen LogP contribution in [0.3, 0.4) is 0 Å². The average molecular weight is 304 g/mol. The first-order chi connectivity index (χ1) is 9.27. The molecule has 0 amide bonds. The van der Waals surface area contributed by atoms with E-state index in [-0.39, 0.29) is 24.1 Å². The Hall–Kier alpha value is -1.05. The number of halogens is 2. The maximum absolute atomic E-state index is 13.9. The summed E-state index contributed by atoms with van der Waals surface area (Å²) in [5.41, 5.74) is 5.64. The van der Waals surface area contributed by atoms with Crippen molar-refractivity contribution in [1.29, 1.82) is 0 Å². The van der Waals surface area contributed by atoms with E-state index in [1.54, 1.807) is 6.92 Å². The van der Waals surface area contributed by atoms with E-state index in [0.717, 1.165) is 12.1 Å². The first-order valence-corrected chi connectivity index (χ1v) is 7.91. The van der Waals surface area contributed by atoms with Crippen molar-refractivity contribution in [2.45, 2.75) is 37.8 Å². The molecule has 1 heterocycles. The Morgan fingerprint density at radius 2 is 2.00 bits per heavy atom. The highest BCUT2D eigenvalue weighted by molar-refractivity contribution is 7.89. The van der Waals surface area contributed by atoms with Crippen molar-refractivity contribution in [2.24, 2.45) is 11.7 Å². The molecular formula is C13H18F2N2O2S. The summed E-state index contributed by atoms with van der Waals surface area (Å²) in [6.45, 7) is 3.96. The van der Waals surface area contributed by atoms with Crippen molar-refractivity contribution < 1.29 is 17.2 Å². The van der Waals surface area contributed by atoms with Crippen LogP contribution in [0.2, 0.25) is 0 Å². The van der Waals surface area contributed by atoms with Crippen LogP contribution in [0, 0.1) is 17.6 Å². The van der Waals surface area contributed by atoms with Gasteiger partial charge in [-0.3, -0.25) is 0 Å². The number of nitrogens with two attached hydrogens (primary N) is 1. The summed E-state index contributed by atoms with van der Waals surface area (Å²) in [4.78, 5) is -0.626. The topological polar surface area (TPSA) is 63.4 Å². The lowest BCUT2D eigenvalue weighted by atomic mass is 10.1. The van der Waals surface area contributed by atoms with Gasteiger partial charge in [-0.1, -0.05) is 6.92 Å². The lowest BCUT2D eigenvalue weighted by Crippen LogP contribution is -2.34. The van der Waals surface area contributed by atoms with Crippen molar-refractivity contribution in [1.82, 2.24) is 4.31 Å². The molecule has 0 radical (unpaired) electrons. The third-order valence-electron chi connectivity index (χ3n) is 3.60. The lowest BCUT2D eigenvalue weighted by molar-refractivity contribution is 0.398. The van der Waals surface area contributed by atoms with Crippen LogP contribution in [0.4, 0.5) is 8.78 Å². The van der Waals surface area contributed by atoms with Gasteiger partial charge in [0.2, 0.25) is 10.0 Å². The van der Waals surface area contributed by atoms with Crippen LogP contribution < -0.4 is 5.73 Å². The minimum atomic E-state index is -4.04. The molecule has 2 rings (SSSR count). The largest absolute Gasteiger partial charge is 0.326 e. The summed E-state index contributed by atoms with van der Waals surface area (Å²) in [5.74, 6) is -2.33. The second kappa shape index (κ2) is 5.38. The zero-order valence-electron chi connectivity index (χ0n) is 11.4. The van der Waals surface area contributed by atoms with Gasteiger partial charge in [0, 0.05) is 19.1 Å². The van der Waals surface area contributed by atoms with E-state index >= 15 is 0 Å². The third kappa shape index (κ3) is 2.57. The minimum absolute atomic E-state index is 0.0499. The van der Waals surface area contributed by atoms with Crippen molar-refractivity contribution in [3.05, 3.63) is 29.3 Å². The quantitative estimate of drug-likeness (QED) is 0.927. The van der Waals surface area contributed by atoms with E-state index in [2.05, 4.69) is 0 Å². The summed E-state index contributed by atoms with van der Waals surface area (Å²) in [7, 11) is -4.04. The van der Waals surface area contributed by atoms with Crippen LogP contribution in [-0.4, -0.2) is 25.3 Å². The van der Waals surface area contributed by atoms with E-state index in [4.69, 9.17) is 5.73 Å². The van der Waals surface area contributed by atoms with Crippen LogP contribution in [0.15, 0.2) is 17.0 Å². The van der Waals surface area contributed by atoms with Crippen LogP contribution in [0.5, 0.6) is 0 Å². The molecule has 1 fully saturated rings. The smallest absolute Gasteiger partial charge is 0.246 e. The van der Waals surface area contributed by atoms with Gasteiger partial charge in [-0.05, 0) is 37.0 Å². The minimum Gasteiger partial charge on any atom is -0.326 e. The molecule has 0 spiro atoms. The van der Waals surface area contributed by atoms with Crippen molar-refractivity contribution >= 4 is 10.0 Å². The van der Waals surface area contributed by atoms with Crippen molar-refractivity contribution in [3.8, 4) is 0 Å². The van der Waals surface area contributed by atoms with E-state index in [0.29, 0.717) is 13.0 Å². The van der Waals surface area contributed by atoms with Gasteiger partial charge in [0.05, 0.1) is 0 Å². The molecule has 112 valence electrons. The first-order valence-electron chi connectivity index (χ1n) is 6.47. The molecule has 1 saturated heterocycles. The van der Waals surface area contributed by atoms with Gasteiger partial charge < -0.3 is 5.73 Å². The maximum Gasteiger partial charge on any atom is 0.246 e. The molecule has 4 nitrogen and oxygen atoms in total. The van der Waals surface area contributed by atoms with E-state index in [9.17, 15) is 17.2 Å². The molecule has 2 unspecified atom stereocenters. The molecule has 1 aliphatic rings. The van der Waals surface area contributed by atoms with Crippen LogP contribution in [0.25, 0.3) is 0 Å². The highest BCUT2D eigenvalue weighted by Crippen LogP contribution is 2.31. The van der Waals surface area contributed by atoms with Gasteiger partial charge in [-0.2, -0.15) is 4.31 Å². The van der Waals surface area contributed by atoms with Gasteiger partial charge in [0.15, 0.2) is 11.6 Å². The average Bonchev–Trinajstić information content (AvgIpc) is 2.72. The van der Waals surface area contributed by atoms with E-state index in [1.165, 1.54) is 4.31 Å². The van der Waals surface area contributed by atoms with E-state index in [1.807, 2.05) is 6.92 Å². The summed E-state index contributed by atoms with van der Waals surface area (Å²) in [5, 5.41) is 0. The van der Waals surface area contributed by atoms with Crippen molar-refractivity contribution in [2.75, 3.05) is 6.54 Å². The Morgan fingerprint density at radius 3 is 2.50 bits per heavy atom. The number of hydrogen-bond donors (Lipinski definition) is 1. The number of rotatable bonds is 3. The predicted octanol–water partition coefficient (Wildman–Crippen LogP) is 1.84. The normalized spacial score (nSPS) is 24.2. The molecular weight excluding hydrogens is 286 g/mol. The number of sulfonamides is 1. The molecule has 0 aromatic heterocycles. The van der Waals surface area contributed by atoms with Gasteiger partial charge in [-0.25, -0.2) is 17.2 Å². The zero-order valence-corrected chi connectivity index (χ0v) is 12.3. The van der Waals surface area contributed by atoms with Crippen LogP contribution in [0.1, 0.15) is 25.8 Å². The zero-order chi connectivity index (χ0) is 15.1. The Kier molecular flexibility index (Phi) is 4.13. The third-order valence-corrected chi connectivity index (χ3v) is 5.58. The van der Waals surface area contributed by atoms with Gasteiger partial charge in [0.1, 0.15) is 4.90 Å². The number of nitrogens with zero attached hydrogens (tertiary/aromatic N) is 1. The molecule has 2 N–H and O–H groups in total. The molecule has 1 aromatic rings. The number of hydrogen-bond acceptors (Lipinski definition) is 3. The second-order valence-corrected chi connectivity index (χ2v) is 7.22. The molecule has 0 bridgehead atoms. The predicted molar refractivity (Wildman–Crippen MR) is 71.4 cm³/mol. The van der Waals surface area contributed by atoms with Crippen molar-refractivity contribution in [3.63, 3.8) is 0 Å². The van der Waals surface area contributed by atoms with Gasteiger partial charge >= 0.3 is 0 Å². The van der Waals surface area contributed by atoms with Crippen LogP contribution >= 0.6 is 0 Å². The molecule has 1 aliphatic heterocycles. The van der Waals surface area contributed by atoms with Crippen LogP contribution in [-0.2, 0) is 16.6 Å². The Bertz CT molecular complexity index is 619. The fraction of sp³-hybridized carbons (Fsp3) is 0.538. The number of benzene rings is 1. The summed E-state index contributed by atoms with van der Waals surface area (Å²) in [6.07, 6.45) is 0.708. The molecule has 1 aromatic carbocycles. The Balaban J connectivity index is 2.52. The molecule has 2 atom stereocenters. The molecule has 0 aliphatic carbocycles. The highest BCUT2D eigenvalue weighted by atomic mass is 32.2. The Labute approximate surface area is 117 Å². The lowest BCUT2D eigenvalue weighted by Gasteiger charge is -2.21. The maximum atomic E-state index is 13.9. The summed E-state index contributed by atoms with van der Waals surface area (Å²) >= 11 is 0. The standard InChI is InChI=1S/C13H18F2N2O2S/c1-8-3-9(2)17(7-8)20(18,19)12-5-10(6-16)4-11(14)13(12)15/h4-5,8-9H,3,6-7,16H2,1-2H3. The molecule has 20 heavy (non-hydrogen) atoms. The fourth-order valence-corrected chi connectivity index (χ4v) is 4.53. The van der Waals surface area contributed by atoms with Gasteiger partial charge in [-0.15, -0.1) is 0 Å². The Morgan fingerprint density at radius 1 is 1.35 bits per heavy atom. The first kappa shape index (κ1) is 15.3. The monoisotopic (exact) mass is 304 g/mol. The molecule has 7 heteroatoms. The summed E-state index contributed by atoms with van der Waals surface area (Å²) < 4.78 is 53.6. The van der Waals surface area contributed by atoms with E-state index < -0.39 is 26.6 Å². The molecule has 0 saturated carbocycles. The highest BCUT2D eigenvalue weighted by Gasteiger charge is 2.38. The van der Waals surface area contributed by atoms with Gasteiger partial charge in [0.25, 0.3) is 0 Å². The fourth-order valence-electron chi connectivity index (χ4n) is 2.65. The summed E-state index contributed by atoms with van der Waals surface area (Å²) in [6, 6.07) is 1.81. The SMILES string of the molecule is CC1CC(C)N(S(=O)(=O)c2cc(CN)cc(F)c2F)C1. The second-order valence-electron chi connectivity index (χ2n) is 5.36.